The maximum Gasteiger partial charge on any atom is 0.336 e. The first kappa shape index (κ1) is 15.4. The Kier molecular flexibility index (Phi) is 4.31. The van der Waals surface area contributed by atoms with Crippen LogP contribution in [-0.2, 0) is 0 Å². The van der Waals surface area contributed by atoms with Gasteiger partial charge in [0, 0.05) is 0 Å². The Morgan fingerprint density at radius 2 is 1.14 bits per heavy atom. The van der Waals surface area contributed by atoms with Crippen molar-refractivity contribution in [2.75, 3.05) is 0 Å². The number of aromatic carboxylic acids is 2. The number of azo groups is 1. The molecule has 2 aromatic carbocycles. The van der Waals surface area contributed by atoms with Crippen LogP contribution in [-0.4, -0.2) is 22.2 Å². The number of carboxylic acid groups (broad SMARTS) is 2. The molecule has 0 spiro atoms. The molecule has 2 N–H and O–H groups in total. The normalized spacial score (nSPS) is 10.8. The van der Waals surface area contributed by atoms with E-state index in [4.69, 9.17) is 10.2 Å². The summed E-state index contributed by atoms with van der Waals surface area (Å²) in [6.07, 6.45) is 0. The Bertz CT molecular complexity index is 716. The SMILES string of the molecule is Cc1ccc(N=Nc2ccc(C)c(C(=O)O)c2)cc1C(=O)O. The van der Waals surface area contributed by atoms with Crippen molar-refractivity contribution in [2.45, 2.75) is 13.8 Å². The molecule has 6 nitrogen and oxygen atoms in total. The first-order valence-electron chi connectivity index (χ1n) is 6.48. The lowest BCUT2D eigenvalue weighted by Crippen LogP contribution is -1.98. The molecular weight excluding hydrogens is 284 g/mol. The van der Waals surface area contributed by atoms with Gasteiger partial charge in [-0.3, -0.25) is 0 Å². The van der Waals surface area contributed by atoms with Crippen molar-refractivity contribution in [3.05, 3.63) is 58.7 Å². The summed E-state index contributed by atoms with van der Waals surface area (Å²) in [7, 11) is 0. The summed E-state index contributed by atoms with van der Waals surface area (Å²) in [6.45, 7) is 3.40. The number of aryl methyl sites for hydroxylation is 2. The van der Waals surface area contributed by atoms with Crippen LogP contribution in [0.5, 0.6) is 0 Å². The predicted molar refractivity (Wildman–Crippen MR) is 80.5 cm³/mol. The minimum absolute atomic E-state index is 0.159. The highest BCUT2D eigenvalue weighted by Crippen LogP contribution is 2.23. The third-order valence-electron chi connectivity index (χ3n) is 3.18. The largest absolute Gasteiger partial charge is 0.478 e. The Morgan fingerprint density at radius 3 is 1.45 bits per heavy atom. The fourth-order valence-corrected chi connectivity index (χ4v) is 1.92. The molecule has 2 rings (SSSR count). The quantitative estimate of drug-likeness (QED) is 0.829. The summed E-state index contributed by atoms with van der Waals surface area (Å²) in [5, 5.41) is 26.1. The molecule has 0 unspecified atom stereocenters. The van der Waals surface area contributed by atoms with Crippen LogP contribution in [0.4, 0.5) is 11.4 Å². The highest BCUT2D eigenvalue weighted by Gasteiger charge is 2.09. The summed E-state index contributed by atoms with van der Waals surface area (Å²) < 4.78 is 0. The van der Waals surface area contributed by atoms with E-state index in [1.54, 1.807) is 38.1 Å². The van der Waals surface area contributed by atoms with Crippen LogP contribution < -0.4 is 0 Å². The molecule has 0 aliphatic carbocycles. The van der Waals surface area contributed by atoms with Crippen LogP contribution in [0, 0.1) is 13.8 Å². The van der Waals surface area contributed by atoms with E-state index in [-0.39, 0.29) is 11.1 Å². The zero-order valence-corrected chi connectivity index (χ0v) is 12.1. The third kappa shape index (κ3) is 3.35. The predicted octanol–water partition coefficient (Wildman–Crippen LogP) is 4.12. The van der Waals surface area contributed by atoms with E-state index in [1.165, 1.54) is 12.1 Å². The number of carboxylic acids is 2. The van der Waals surface area contributed by atoms with Crippen molar-refractivity contribution < 1.29 is 19.8 Å². The van der Waals surface area contributed by atoms with Gasteiger partial charge in [-0.15, -0.1) is 0 Å². The van der Waals surface area contributed by atoms with Gasteiger partial charge in [0.2, 0.25) is 0 Å². The molecule has 0 aliphatic heterocycles. The van der Waals surface area contributed by atoms with Gasteiger partial charge < -0.3 is 10.2 Å². The summed E-state index contributed by atoms with van der Waals surface area (Å²) in [6, 6.07) is 9.45. The van der Waals surface area contributed by atoms with Crippen molar-refractivity contribution in [1.29, 1.82) is 0 Å². The molecule has 2 aromatic rings. The fourth-order valence-electron chi connectivity index (χ4n) is 1.92. The zero-order chi connectivity index (χ0) is 16.3. The summed E-state index contributed by atoms with van der Waals surface area (Å²) in [4.78, 5) is 22.1. The topological polar surface area (TPSA) is 99.3 Å². The number of hydrogen-bond donors (Lipinski definition) is 2. The minimum atomic E-state index is -1.03. The molecule has 0 fully saturated rings. The first-order chi connectivity index (χ1) is 10.4. The van der Waals surface area contributed by atoms with Gasteiger partial charge in [0.25, 0.3) is 0 Å². The second-order valence-electron chi connectivity index (χ2n) is 4.81. The van der Waals surface area contributed by atoms with E-state index in [0.717, 1.165) is 0 Å². The summed E-state index contributed by atoms with van der Waals surface area (Å²) >= 11 is 0. The number of carbonyl (C=O) groups is 2. The molecule has 0 atom stereocenters. The minimum Gasteiger partial charge on any atom is -0.478 e. The first-order valence-corrected chi connectivity index (χ1v) is 6.48. The molecule has 0 saturated carbocycles. The maximum absolute atomic E-state index is 11.1. The lowest BCUT2D eigenvalue weighted by atomic mass is 10.1. The van der Waals surface area contributed by atoms with Crippen molar-refractivity contribution in [1.82, 2.24) is 0 Å². The smallest absolute Gasteiger partial charge is 0.336 e. The monoisotopic (exact) mass is 298 g/mol. The summed E-state index contributed by atoms with van der Waals surface area (Å²) in [5.74, 6) is -2.06. The maximum atomic E-state index is 11.1. The lowest BCUT2D eigenvalue weighted by molar-refractivity contribution is 0.0685. The Hall–Kier alpha value is -3.02. The zero-order valence-electron chi connectivity index (χ0n) is 12.1. The van der Waals surface area contributed by atoms with Gasteiger partial charge >= 0.3 is 11.9 Å². The van der Waals surface area contributed by atoms with Crippen molar-refractivity contribution in [3.63, 3.8) is 0 Å². The van der Waals surface area contributed by atoms with Gasteiger partial charge in [-0.05, 0) is 49.2 Å². The van der Waals surface area contributed by atoms with Crippen molar-refractivity contribution in [3.8, 4) is 0 Å². The summed E-state index contributed by atoms with van der Waals surface area (Å²) in [5.41, 5.74) is 2.36. The molecule has 0 aliphatic rings. The Labute approximate surface area is 126 Å². The molecule has 6 heteroatoms. The molecule has 0 amide bonds. The molecule has 0 bridgehead atoms. The van der Waals surface area contributed by atoms with Gasteiger partial charge in [-0.2, -0.15) is 10.2 Å². The molecule has 0 saturated heterocycles. The number of rotatable bonds is 4. The highest BCUT2D eigenvalue weighted by molar-refractivity contribution is 5.91. The van der Waals surface area contributed by atoms with E-state index < -0.39 is 11.9 Å². The van der Waals surface area contributed by atoms with E-state index in [0.29, 0.717) is 22.5 Å². The third-order valence-corrected chi connectivity index (χ3v) is 3.18. The molecule has 0 radical (unpaired) electrons. The van der Waals surface area contributed by atoms with Crippen LogP contribution in [0.2, 0.25) is 0 Å². The molecule has 22 heavy (non-hydrogen) atoms. The van der Waals surface area contributed by atoms with Gasteiger partial charge in [0.05, 0.1) is 22.5 Å². The standard InChI is InChI=1S/C16H14N2O4/c1-9-3-5-11(7-13(9)15(19)20)17-18-12-6-4-10(2)14(8-12)16(21)22/h3-8H,1-2H3,(H,19,20)(H,21,22). The molecule has 112 valence electrons. The van der Waals surface area contributed by atoms with Crippen molar-refractivity contribution in [2.24, 2.45) is 10.2 Å². The van der Waals surface area contributed by atoms with Gasteiger partial charge in [0.1, 0.15) is 0 Å². The van der Waals surface area contributed by atoms with E-state index in [1.807, 2.05) is 0 Å². The van der Waals surface area contributed by atoms with E-state index in [9.17, 15) is 9.59 Å². The van der Waals surface area contributed by atoms with Crippen LogP contribution in [0.15, 0.2) is 46.6 Å². The van der Waals surface area contributed by atoms with Crippen LogP contribution in [0.1, 0.15) is 31.8 Å². The number of hydrogen-bond acceptors (Lipinski definition) is 4. The Morgan fingerprint density at radius 1 is 0.773 bits per heavy atom. The fraction of sp³-hybridized carbons (Fsp3) is 0.125. The molecule has 0 aromatic heterocycles. The van der Waals surface area contributed by atoms with Crippen LogP contribution >= 0.6 is 0 Å². The van der Waals surface area contributed by atoms with Crippen molar-refractivity contribution >= 4 is 23.3 Å². The molecule has 0 heterocycles. The average molecular weight is 298 g/mol. The number of benzene rings is 2. The van der Waals surface area contributed by atoms with Gasteiger partial charge in [0.15, 0.2) is 0 Å². The van der Waals surface area contributed by atoms with Gasteiger partial charge in [-0.25, -0.2) is 9.59 Å². The molecular formula is C16H14N2O4. The second-order valence-corrected chi connectivity index (χ2v) is 4.81. The second kappa shape index (κ2) is 6.17. The van der Waals surface area contributed by atoms with E-state index in [2.05, 4.69) is 10.2 Å². The van der Waals surface area contributed by atoms with E-state index >= 15 is 0 Å². The van der Waals surface area contributed by atoms with Crippen LogP contribution in [0.25, 0.3) is 0 Å². The Balaban J connectivity index is 2.33. The average Bonchev–Trinajstić information content (AvgIpc) is 2.47. The number of nitrogens with zero attached hydrogens (tertiary/aromatic N) is 2. The van der Waals surface area contributed by atoms with Crippen LogP contribution in [0.3, 0.4) is 0 Å². The highest BCUT2D eigenvalue weighted by atomic mass is 16.4. The van der Waals surface area contributed by atoms with Gasteiger partial charge in [-0.1, -0.05) is 12.1 Å². The lowest BCUT2D eigenvalue weighted by Gasteiger charge is -2.02.